The van der Waals surface area contributed by atoms with Crippen LogP contribution in [0.15, 0.2) is 12.4 Å². The van der Waals surface area contributed by atoms with Crippen LogP contribution < -0.4 is 0 Å². The molecule has 1 heterocycles. The smallest absolute Gasteiger partial charge is 0.138 e. The minimum Gasteiger partial charge on any atom is -0.382 e. The number of rotatable bonds is 2. The molecule has 1 unspecified atom stereocenters. The third-order valence-electron chi connectivity index (χ3n) is 2.10. The number of imidazole rings is 1. The van der Waals surface area contributed by atoms with Crippen molar-refractivity contribution in [1.29, 1.82) is 0 Å². The van der Waals surface area contributed by atoms with Gasteiger partial charge in [0.15, 0.2) is 0 Å². The van der Waals surface area contributed by atoms with Gasteiger partial charge in [0.25, 0.3) is 0 Å². The largest absolute Gasteiger partial charge is 0.382 e. The quantitative estimate of drug-likeness (QED) is 0.674. The maximum Gasteiger partial charge on any atom is 0.138 e. The first kappa shape index (κ1) is 8.27. The average Bonchev–Trinajstić information content (AvgIpc) is 2.37. The molecule has 1 rings (SSSR count). The predicted molar refractivity (Wildman–Crippen MR) is 43.0 cm³/mol. The highest BCUT2D eigenvalue weighted by atomic mass is 16.3. The molecule has 0 radical (unpaired) electrons. The summed E-state index contributed by atoms with van der Waals surface area (Å²) in [5, 5.41) is 9.86. The Hall–Kier alpha value is -0.830. The Morgan fingerprint density at radius 2 is 2.27 bits per heavy atom. The van der Waals surface area contributed by atoms with Crippen molar-refractivity contribution in [3.63, 3.8) is 0 Å². The lowest BCUT2D eigenvalue weighted by atomic mass is 9.92. The van der Waals surface area contributed by atoms with Gasteiger partial charge in [-0.15, -0.1) is 0 Å². The number of hydrogen-bond acceptors (Lipinski definition) is 2. The lowest BCUT2D eigenvalue weighted by molar-refractivity contribution is 0.00117. The molecule has 1 aromatic rings. The van der Waals surface area contributed by atoms with E-state index >= 15 is 0 Å². The number of hydrogen-bond donors (Lipinski definition) is 2. The standard InChI is InChI=1S/C8H14N2O/c1-6(2)8(3,11)7-9-4-5-10-7/h4-6,11H,1-3H3,(H,9,10). The third kappa shape index (κ3) is 1.43. The van der Waals surface area contributed by atoms with Crippen LogP contribution in [-0.4, -0.2) is 15.1 Å². The van der Waals surface area contributed by atoms with Crippen LogP contribution in [0.3, 0.4) is 0 Å². The molecule has 0 saturated carbocycles. The van der Waals surface area contributed by atoms with Crippen LogP contribution in [0.5, 0.6) is 0 Å². The third-order valence-corrected chi connectivity index (χ3v) is 2.10. The van der Waals surface area contributed by atoms with Gasteiger partial charge in [0, 0.05) is 12.4 Å². The van der Waals surface area contributed by atoms with Crippen molar-refractivity contribution in [2.45, 2.75) is 26.4 Å². The molecule has 3 heteroatoms. The van der Waals surface area contributed by atoms with E-state index in [4.69, 9.17) is 0 Å². The van der Waals surface area contributed by atoms with E-state index in [0.29, 0.717) is 5.82 Å². The molecule has 0 spiro atoms. The summed E-state index contributed by atoms with van der Waals surface area (Å²) >= 11 is 0. The molecule has 1 aromatic heterocycles. The second kappa shape index (κ2) is 2.66. The van der Waals surface area contributed by atoms with Crippen LogP contribution in [0.2, 0.25) is 0 Å². The van der Waals surface area contributed by atoms with E-state index in [1.807, 2.05) is 13.8 Å². The number of H-pyrrole nitrogens is 1. The van der Waals surface area contributed by atoms with Crippen LogP contribution in [0.1, 0.15) is 26.6 Å². The molecule has 0 fully saturated rings. The maximum absolute atomic E-state index is 9.86. The van der Waals surface area contributed by atoms with Crippen molar-refractivity contribution >= 4 is 0 Å². The molecule has 0 amide bonds. The van der Waals surface area contributed by atoms with Crippen molar-refractivity contribution in [2.24, 2.45) is 5.92 Å². The molecule has 62 valence electrons. The van der Waals surface area contributed by atoms with E-state index < -0.39 is 5.60 Å². The lowest BCUT2D eigenvalue weighted by Gasteiger charge is -2.24. The van der Waals surface area contributed by atoms with Crippen molar-refractivity contribution in [3.05, 3.63) is 18.2 Å². The van der Waals surface area contributed by atoms with E-state index in [0.717, 1.165) is 0 Å². The Morgan fingerprint density at radius 3 is 2.64 bits per heavy atom. The zero-order valence-electron chi connectivity index (χ0n) is 7.13. The van der Waals surface area contributed by atoms with Crippen molar-refractivity contribution in [1.82, 2.24) is 9.97 Å². The fraction of sp³-hybridized carbons (Fsp3) is 0.625. The number of aromatic amines is 1. The summed E-state index contributed by atoms with van der Waals surface area (Å²) in [5.74, 6) is 0.793. The average molecular weight is 154 g/mol. The summed E-state index contributed by atoms with van der Waals surface area (Å²) in [6, 6.07) is 0. The van der Waals surface area contributed by atoms with Gasteiger partial charge in [0.05, 0.1) is 0 Å². The highest BCUT2D eigenvalue weighted by Crippen LogP contribution is 2.25. The molecule has 3 nitrogen and oxygen atoms in total. The second-order valence-electron chi connectivity index (χ2n) is 3.24. The first-order valence-electron chi connectivity index (χ1n) is 3.77. The normalized spacial score (nSPS) is 16.8. The van der Waals surface area contributed by atoms with Crippen molar-refractivity contribution in [3.8, 4) is 0 Å². The Balaban J connectivity index is 2.90. The Bertz CT molecular complexity index is 214. The maximum atomic E-state index is 9.86. The molecule has 0 aromatic carbocycles. The van der Waals surface area contributed by atoms with Crippen LogP contribution in [0.4, 0.5) is 0 Å². The van der Waals surface area contributed by atoms with E-state index in [1.165, 1.54) is 0 Å². The van der Waals surface area contributed by atoms with Gasteiger partial charge < -0.3 is 10.1 Å². The molecule has 2 N–H and O–H groups in total. The minimum absolute atomic E-state index is 0.161. The van der Waals surface area contributed by atoms with Gasteiger partial charge in [-0.3, -0.25) is 0 Å². The van der Waals surface area contributed by atoms with Gasteiger partial charge in [-0.05, 0) is 12.8 Å². The molecular weight excluding hydrogens is 140 g/mol. The summed E-state index contributed by atoms with van der Waals surface area (Å²) in [5.41, 5.74) is -0.844. The topological polar surface area (TPSA) is 48.9 Å². The number of nitrogens with one attached hydrogen (secondary N) is 1. The second-order valence-corrected chi connectivity index (χ2v) is 3.24. The van der Waals surface area contributed by atoms with Crippen molar-refractivity contribution < 1.29 is 5.11 Å². The zero-order chi connectivity index (χ0) is 8.48. The van der Waals surface area contributed by atoms with E-state index in [1.54, 1.807) is 19.3 Å². The van der Waals surface area contributed by atoms with E-state index in [2.05, 4.69) is 9.97 Å². The van der Waals surface area contributed by atoms with Gasteiger partial charge in [-0.25, -0.2) is 4.98 Å². The van der Waals surface area contributed by atoms with Crippen LogP contribution >= 0.6 is 0 Å². The summed E-state index contributed by atoms with van der Waals surface area (Å²) in [7, 11) is 0. The van der Waals surface area contributed by atoms with Gasteiger partial charge in [0.2, 0.25) is 0 Å². The lowest BCUT2D eigenvalue weighted by Crippen LogP contribution is -2.29. The van der Waals surface area contributed by atoms with Crippen LogP contribution in [0, 0.1) is 5.92 Å². The Labute approximate surface area is 66.5 Å². The summed E-state index contributed by atoms with van der Waals surface area (Å²) in [6.45, 7) is 5.68. The fourth-order valence-electron chi connectivity index (χ4n) is 0.816. The van der Waals surface area contributed by atoms with Gasteiger partial charge in [-0.2, -0.15) is 0 Å². The summed E-state index contributed by atoms with van der Waals surface area (Å²) in [6.07, 6.45) is 3.36. The Morgan fingerprint density at radius 1 is 1.64 bits per heavy atom. The van der Waals surface area contributed by atoms with Gasteiger partial charge in [0.1, 0.15) is 11.4 Å². The van der Waals surface area contributed by atoms with Crippen LogP contribution in [-0.2, 0) is 5.60 Å². The molecule has 0 aliphatic heterocycles. The molecule has 1 atom stereocenters. The Kier molecular flexibility index (Phi) is 2.00. The van der Waals surface area contributed by atoms with E-state index in [-0.39, 0.29) is 5.92 Å². The molecule has 0 bridgehead atoms. The van der Waals surface area contributed by atoms with Crippen LogP contribution in [0.25, 0.3) is 0 Å². The highest BCUT2D eigenvalue weighted by Gasteiger charge is 2.29. The number of nitrogens with zero attached hydrogens (tertiary/aromatic N) is 1. The number of aromatic nitrogens is 2. The monoisotopic (exact) mass is 154 g/mol. The number of aliphatic hydroxyl groups is 1. The van der Waals surface area contributed by atoms with Crippen molar-refractivity contribution in [2.75, 3.05) is 0 Å². The zero-order valence-corrected chi connectivity index (χ0v) is 7.13. The first-order chi connectivity index (χ1) is 5.05. The van der Waals surface area contributed by atoms with Gasteiger partial charge >= 0.3 is 0 Å². The molecule has 0 saturated heterocycles. The SMILES string of the molecule is CC(C)C(C)(O)c1ncc[nH]1. The fourth-order valence-corrected chi connectivity index (χ4v) is 0.816. The highest BCUT2D eigenvalue weighted by molar-refractivity contribution is 5.00. The predicted octanol–water partition coefficient (Wildman–Crippen LogP) is 1.27. The van der Waals surface area contributed by atoms with E-state index in [9.17, 15) is 5.11 Å². The van der Waals surface area contributed by atoms with Gasteiger partial charge in [-0.1, -0.05) is 13.8 Å². The molecule has 0 aliphatic carbocycles. The summed E-state index contributed by atoms with van der Waals surface area (Å²) in [4.78, 5) is 6.90. The first-order valence-corrected chi connectivity index (χ1v) is 3.77. The molecular formula is C8H14N2O. The molecule has 0 aliphatic rings. The molecule has 11 heavy (non-hydrogen) atoms. The minimum atomic E-state index is -0.844. The summed E-state index contributed by atoms with van der Waals surface area (Å²) < 4.78 is 0.